The third-order valence-corrected chi connectivity index (χ3v) is 6.50. The van der Waals surface area contributed by atoms with Crippen molar-refractivity contribution in [2.24, 2.45) is 7.05 Å². The molecule has 130 valence electrons. The number of hydrogen-bond donors (Lipinski definition) is 0. The zero-order chi connectivity index (χ0) is 17.9. The molecule has 0 aliphatic rings. The number of sulfonamides is 1. The largest absolute Gasteiger partial charge is 0.311 e. The van der Waals surface area contributed by atoms with Gasteiger partial charge in [-0.15, -0.1) is 10.2 Å². The van der Waals surface area contributed by atoms with E-state index in [0.29, 0.717) is 23.1 Å². The van der Waals surface area contributed by atoms with Crippen LogP contribution < -0.4 is 0 Å². The van der Waals surface area contributed by atoms with Crippen molar-refractivity contribution in [2.45, 2.75) is 28.8 Å². The fraction of sp³-hybridized carbons (Fsp3) is 0.385. The van der Waals surface area contributed by atoms with Gasteiger partial charge in [0, 0.05) is 26.2 Å². The molecule has 1 aromatic carbocycles. The average Bonchev–Trinajstić information content (AvgIpc) is 2.93. The van der Waals surface area contributed by atoms with Gasteiger partial charge in [0.05, 0.1) is 14.7 Å². The van der Waals surface area contributed by atoms with E-state index < -0.39 is 14.9 Å². The van der Waals surface area contributed by atoms with Crippen molar-refractivity contribution >= 4 is 27.5 Å². The summed E-state index contributed by atoms with van der Waals surface area (Å²) < 4.78 is 27.9. The van der Waals surface area contributed by atoms with E-state index >= 15 is 0 Å². The molecule has 0 unspecified atom stereocenters. The summed E-state index contributed by atoms with van der Waals surface area (Å²) in [5.74, 6) is 0. The van der Waals surface area contributed by atoms with Crippen LogP contribution in [0.2, 0.25) is 0 Å². The van der Waals surface area contributed by atoms with Gasteiger partial charge >= 0.3 is 0 Å². The van der Waals surface area contributed by atoms with Gasteiger partial charge in [0.2, 0.25) is 10.0 Å². The highest BCUT2D eigenvalue weighted by Gasteiger charge is 2.26. The summed E-state index contributed by atoms with van der Waals surface area (Å²) in [5.41, 5.74) is -0.281. The van der Waals surface area contributed by atoms with Crippen molar-refractivity contribution in [3.63, 3.8) is 0 Å². The first-order valence-electron chi connectivity index (χ1n) is 7.11. The van der Waals surface area contributed by atoms with E-state index in [4.69, 9.17) is 0 Å². The highest BCUT2D eigenvalue weighted by atomic mass is 32.2. The first-order chi connectivity index (χ1) is 11.3. The monoisotopic (exact) mass is 371 g/mol. The standard InChI is InChI=1S/C13H17N5O4S2/c1-4-17(5-2)24(21,22)10-6-7-12(11(8-10)18(19)20)23-13-15-14-9-16(13)3/h6-9H,4-5H2,1-3H3. The number of rotatable bonds is 7. The van der Waals surface area contributed by atoms with Gasteiger partial charge in [0.1, 0.15) is 6.33 Å². The van der Waals surface area contributed by atoms with Crippen LogP contribution in [-0.4, -0.2) is 45.5 Å². The Morgan fingerprint density at radius 2 is 2.00 bits per heavy atom. The lowest BCUT2D eigenvalue weighted by molar-refractivity contribution is -0.388. The second kappa shape index (κ2) is 7.28. The Kier molecular flexibility index (Phi) is 5.57. The zero-order valence-corrected chi connectivity index (χ0v) is 15.0. The summed E-state index contributed by atoms with van der Waals surface area (Å²) >= 11 is 1.05. The maximum absolute atomic E-state index is 12.5. The van der Waals surface area contributed by atoms with Crippen molar-refractivity contribution in [3.05, 3.63) is 34.6 Å². The molecule has 2 rings (SSSR count). The molecule has 0 radical (unpaired) electrons. The number of nitrogens with zero attached hydrogens (tertiary/aromatic N) is 5. The molecule has 1 aromatic heterocycles. The molecule has 1 heterocycles. The van der Waals surface area contributed by atoms with Crippen molar-refractivity contribution in [1.29, 1.82) is 0 Å². The smallest absolute Gasteiger partial charge is 0.284 e. The molecule has 0 fully saturated rings. The number of aryl methyl sites for hydroxylation is 1. The lowest BCUT2D eigenvalue weighted by Crippen LogP contribution is -2.30. The molecule has 0 aliphatic heterocycles. The van der Waals surface area contributed by atoms with Gasteiger partial charge in [0.25, 0.3) is 5.69 Å². The SMILES string of the molecule is CCN(CC)S(=O)(=O)c1ccc(Sc2nncn2C)c([N+](=O)[O-])c1. The van der Waals surface area contributed by atoms with E-state index in [1.54, 1.807) is 25.5 Å². The van der Waals surface area contributed by atoms with Crippen LogP contribution in [0.3, 0.4) is 0 Å². The Hall–Kier alpha value is -1.98. The van der Waals surface area contributed by atoms with Gasteiger partial charge in [-0.25, -0.2) is 8.42 Å². The second-order valence-electron chi connectivity index (χ2n) is 4.80. The maximum atomic E-state index is 12.5. The molecular formula is C13H17N5O4S2. The van der Waals surface area contributed by atoms with Gasteiger partial charge in [-0.05, 0) is 23.9 Å². The van der Waals surface area contributed by atoms with Crippen LogP contribution in [0.5, 0.6) is 0 Å². The van der Waals surface area contributed by atoms with Crippen molar-refractivity contribution in [3.8, 4) is 0 Å². The van der Waals surface area contributed by atoms with Gasteiger partial charge < -0.3 is 4.57 Å². The molecule has 0 bridgehead atoms. The molecule has 9 nitrogen and oxygen atoms in total. The van der Waals surface area contributed by atoms with Gasteiger partial charge in [-0.2, -0.15) is 4.31 Å². The van der Waals surface area contributed by atoms with Crippen LogP contribution >= 0.6 is 11.8 Å². The zero-order valence-electron chi connectivity index (χ0n) is 13.4. The van der Waals surface area contributed by atoms with E-state index in [9.17, 15) is 18.5 Å². The summed E-state index contributed by atoms with van der Waals surface area (Å²) in [6.45, 7) is 4.02. The van der Waals surface area contributed by atoms with E-state index in [2.05, 4.69) is 10.2 Å². The molecule has 0 N–H and O–H groups in total. The van der Waals surface area contributed by atoms with Gasteiger partial charge in [-0.3, -0.25) is 10.1 Å². The molecule has 0 aliphatic carbocycles. The first kappa shape index (κ1) is 18.4. The summed E-state index contributed by atoms with van der Waals surface area (Å²) in [7, 11) is -2.04. The number of nitro groups is 1. The fourth-order valence-corrected chi connectivity index (χ4v) is 4.39. The van der Waals surface area contributed by atoms with Crippen LogP contribution in [0, 0.1) is 10.1 Å². The number of nitro benzene ring substituents is 1. The van der Waals surface area contributed by atoms with Crippen LogP contribution in [0.25, 0.3) is 0 Å². The van der Waals surface area contributed by atoms with Crippen molar-refractivity contribution in [2.75, 3.05) is 13.1 Å². The summed E-state index contributed by atoms with van der Waals surface area (Å²) in [4.78, 5) is 11.0. The average molecular weight is 371 g/mol. The predicted octanol–water partition coefficient (Wildman–Crippen LogP) is 1.91. The molecule has 24 heavy (non-hydrogen) atoms. The quantitative estimate of drug-likeness (QED) is 0.540. The van der Waals surface area contributed by atoms with Crippen LogP contribution in [0.4, 0.5) is 5.69 Å². The molecule has 0 saturated heterocycles. The topological polar surface area (TPSA) is 111 Å². The summed E-state index contributed by atoms with van der Waals surface area (Å²) in [6, 6.07) is 3.89. The highest BCUT2D eigenvalue weighted by Crippen LogP contribution is 2.35. The molecule has 0 atom stereocenters. The van der Waals surface area contributed by atoms with Crippen molar-refractivity contribution < 1.29 is 13.3 Å². The van der Waals surface area contributed by atoms with E-state index in [1.807, 2.05) is 0 Å². The minimum absolute atomic E-state index is 0.0970. The number of benzene rings is 1. The third kappa shape index (κ3) is 3.57. The van der Waals surface area contributed by atoms with Gasteiger partial charge in [0.15, 0.2) is 5.16 Å². The Balaban J connectivity index is 2.47. The lowest BCUT2D eigenvalue weighted by atomic mass is 10.3. The van der Waals surface area contributed by atoms with E-state index in [-0.39, 0.29) is 10.6 Å². The molecule has 0 saturated carbocycles. The minimum atomic E-state index is -3.76. The normalized spacial score (nSPS) is 11.8. The number of hydrogen-bond acceptors (Lipinski definition) is 7. The minimum Gasteiger partial charge on any atom is -0.311 e. The molecule has 0 spiro atoms. The third-order valence-electron chi connectivity index (χ3n) is 3.34. The Bertz CT molecular complexity index is 846. The molecule has 2 aromatic rings. The van der Waals surface area contributed by atoms with Crippen LogP contribution in [-0.2, 0) is 17.1 Å². The number of aromatic nitrogens is 3. The highest BCUT2D eigenvalue weighted by molar-refractivity contribution is 7.99. The first-order valence-corrected chi connectivity index (χ1v) is 9.37. The Morgan fingerprint density at radius 1 is 1.33 bits per heavy atom. The molecule has 11 heteroatoms. The van der Waals surface area contributed by atoms with E-state index in [1.165, 1.54) is 22.8 Å². The predicted molar refractivity (Wildman–Crippen MR) is 88.3 cm³/mol. The Morgan fingerprint density at radius 3 is 2.50 bits per heavy atom. The fourth-order valence-electron chi connectivity index (χ4n) is 2.06. The second-order valence-corrected chi connectivity index (χ2v) is 7.75. The van der Waals surface area contributed by atoms with E-state index in [0.717, 1.165) is 17.8 Å². The maximum Gasteiger partial charge on any atom is 0.284 e. The lowest BCUT2D eigenvalue weighted by Gasteiger charge is -2.18. The molecule has 0 amide bonds. The molecular weight excluding hydrogens is 354 g/mol. The van der Waals surface area contributed by atoms with Gasteiger partial charge in [-0.1, -0.05) is 13.8 Å². The summed E-state index contributed by atoms with van der Waals surface area (Å²) in [5, 5.41) is 19.4. The van der Waals surface area contributed by atoms with Crippen LogP contribution in [0.15, 0.2) is 39.5 Å². The van der Waals surface area contributed by atoms with Crippen LogP contribution in [0.1, 0.15) is 13.8 Å². The Labute approximate surface area is 143 Å². The van der Waals surface area contributed by atoms with Crippen molar-refractivity contribution in [1.82, 2.24) is 19.1 Å². The summed E-state index contributed by atoms with van der Waals surface area (Å²) in [6.07, 6.45) is 1.48.